The number of benzene rings is 1. The zero-order valence-electron chi connectivity index (χ0n) is 12.6. The third kappa shape index (κ3) is 3.91. The molecule has 106 valence electrons. The van der Waals surface area contributed by atoms with Gasteiger partial charge >= 0.3 is 0 Å². The van der Waals surface area contributed by atoms with Gasteiger partial charge in [-0.1, -0.05) is 51.1 Å². The average molecular weight is 268 g/mol. The Morgan fingerprint density at radius 3 is 2.25 bits per heavy atom. The van der Waals surface area contributed by atoms with Gasteiger partial charge in [0.15, 0.2) is 0 Å². The Kier molecular flexibility index (Phi) is 5.31. The molecule has 1 heterocycles. The minimum absolute atomic E-state index is 0.330. The van der Waals surface area contributed by atoms with Crippen molar-refractivity contribution in [3.05, 3.63) is 65.5 Å². The summed E-state index contributed by atoms with van der Waals surface area (Å²) in [6.07, 6.45) is 2.79. The highest BCUT2D eigenvalue weighted by atomic mass is 14.9. The van der Waals surface area contributed by atoms with Gasteiger partial charge in [-0.05, 0) is 35.7 Å². The molecule has 0 aliphatic carbocycles. The maximum Gasteiger partial charge on any atom is 0.0422 e. The lowest BCUT2D eigenvalue weighted by atomic mass is 9.97. The van der Waals surface area contributed by atoms with E-state index in [1.165, 1.54) is 11.1 Å². The zero-order valence-corrected chi connectivity index (χ0v) is 12.6. The summed E-state index contributed by atoms with van der Waals surface area (Å²) in [6, 6.07) is 15.4. The first-order chi connectivity index (χ1) is 9.70. The molecular weight excluding hydrogens is 244 g/mol. The van der Waals surface area contributed by atoms with E-state index in [0.717, 1.165) is 18.7 Å². The monoisotopic (exact) mass is 268 g/mol. The minimum atomic E-state index is 0.330. The summed E-state index contributed by atoms with van der Waals surface area (Å²) in [5.74, 6) is 0.581. The Balaban J connectivity index is 2.15. The van der Waals surface area contributed by atoms with Gasteiger partial charge in [-0.2, -0.15) is 0 Å². The number of hydrogen-bond acceptors (Lipinski definition) is 2. The second-order valence-electron chi connectivity index (χ2n) is 5.46. The molecule has 20 heavy (non-hydrogen) atoms. The van der Waals surface area contributed by atoms with Crippen molar-refractivity contribution in [2.75, 3.05) is 6.54 Å². The van der Waals surface area contributed by atoms with Crippen LogP contribution in [0.4, 0.5) is 0 Å². The van der Waals surface area contributed by atoms with E-state index in [0.29, 0.717) is 12.0 Å². The summed E-state index contributed by atoms with van der Waals surface area (Å²) in [4.78, 5) is 4.43. The number of aromatic nitrogens is 1. The van der Waals surface area contributed by atoms with Crippen molar-refractivity contribution in [3.8, 4) is 0 Å². The van der Waals surface area contributed by atoms with Crippen LogP contribution in [0.15, 0.2) is 48.7 Å². The fourth-order valence-corrected chi connectivity index (χ4v) is 2.40. The molecule has 0 fully saturated rings. The van der Waals surface area contributed by atoms with Crippen molar-refractivity contribution < 1.29 is 0 Å². The summed E-state index contributed by atoms with van der Waals surface area (Å²) < 4.78 is 0. The molecule has 0 saturated heterocycles. The third-order valence-corrected chi connectivity index (χ3v) is 3.60. The van der Waals surface area contributed by atoms with E-state index in [9.17, 15) is 0 Å². The maximum atomic E-state index is 4.43. The van der Waals surface area contributed by atoms with Gasteiger partial charge in [0.1, 0.15) is 0 Å². The van der Waals surface area contributed by atoms with E-state index >= 15 is 0 Å². The highest BCUT2D eigenvalue weighted by Gasteiger charge is 2.12. The van der Waals surface area contributed by atoms with Crippen LogP contribution in [0, 0.1) is 0 Å². The predicted molar refractivity (Wildman–Crippen MR) is 84.9 cm³/mol. The summed E-state index contributed by atoms with van der Waals surface area (Å²) in [6.45, 7) is 7.56. The van der Waals surface area contributed by atoms with E-state index in [4.69, 9.17) is 0 Å². The van der Waals surface area contributed by atoms with E-state index in [-0.39, 0.29) is 0 Å². The molecule has 2 heteroatoms. The molecule has 0 radical (unpaired) electrons. The molecule has 0 bridgehead atoms. The normalized spacial score (nSPS) is 12.6. The largest absolute Gasteiger partial charge is 0.310 e. The van der Waals surface area contributed by atoms with Gasteiger partial charge in [0.25, 0.3) is 0 Å². The van der Waals surface area contributed by atoms with Crippen LogP contribution in [-0.2, 0) is 6.42 Å². The predicted octanol–water partition coefficient (Wildman–Crippen LogP) is 4.10. The number of nitrogens with one attached hydrogen (secondary N) is 1. The van der Waals surface area contributed by atoms with Crippen LogP contribution in [0.5, 0.6) is 0 Å². The highest BCUT2D eigenvalue weighted by molar-refractivity contribution is 5.27. The molecule has 0 aliphatic heterocycles. The first kappa shape index (κ1) is 14.7. The van der Waals surface area contributed by atoms with Gasteiger partial charge in [-0.25, -0.2) is 0 Å². The molecule has 0 saturated carbocycles. The molecule has 1 aromatic heterocycles. The van der Waals surface area contributed by atoms with Crippen molar-refractivity contribution in [2.24, 2.45) is 0 Å². The van der Waals surface area contributed by atoms with Gasteiger partial charge < -0.3 is 5.32 Å². The molecule has 1 unspecified atom stereocenters. The minimum Gasteiger partial charge on any atom is -0.310 e. The zero-order chi connectivity index (χ0) is 14.4. The van der Waals surface area contributed by atoms with Crippen LogP contribution < -0.4 is 5.32 Å². The Bertz CT molecular complexity index is 503. The second-order valence-corrected chi connectivity index (χ2v) is 5.46. The second kappa shape index (κ2) is 7.20. The van der Waals surface area contributed by atoms with Gasteiger partial charge in [0, 0.05) is 24.4 Å². The lowest BCUT2D eigenvalue weighted by Gasteiger charge is -2.19. The molecule has 0 amide bonds. The number of rotatable bonds is 6. The van der Waals surface area contributed by atoms with Crippen LogP contribution in [0.1, 0.15) is 49.6 Å². The SMILES string of the molecule is CCNC(Cc1ccccn1)c1ccc(C(C)C)cc1. The fourth-order valence-electron chi connectivity index (χ4n) is 2.40. The Labute approximate surface area is 122 Å². The summed E-state index contributed by atoms with van der Waals surface area (Å²) >= 11 is 0. The van der Waals surface area contributed by atoms with Crippen LogP contribution in [0.2, 0.25) is 0 Å². The molecule has 2 nitrogen and oxygen atoms in total. The van der Waals surface area contributed by atoms with Crippen LogP contribution in [0.25, 0.3) is 0 Å². The molecule has 1 atom stereocenters. The Hall–Kier alpha value is -1.67. The topological polar surface area (TPSA) is 24.9 Å². The van der Waals surface area contributed by atoms with Crippen LogP contribution in [-0.4, -0.2) is 11.5 Å². The number of nitrogens with zero attached hydrogens (tertiary/aromatic N) is 1. The standard InChI is InChI=1S/C18H24N2/c1-4-19-18(13-17-7-5-6-12-20-17)16-10-8-15(9-11-16)14(2)3/h5-12,14,18-19H,4,13H2,1-3H3. The summed E-state index contributed by atoms with van der Waals surface area (Å²) in [5.41, 5.74) is 3.86. The fraction of sp³-hybridized carbons (Fsp3) is 0.389. The summed E-state index contributed by atoms with van der Waals surface area (Å²) in [7, 11) is 0. The number of hydrogen-bond donors (Lipinski definition) is 1. The van der Waals surface area contributed by atoms with Gasteiger partial charge in [0.05, 0.1) is 0 Å². The molecule has 2 rings (SSSR count). The van der Waals surface area contributed by atoms with Crippen molar-refractivity contribution in [2.45, 2.75) is 39.2 Å². The lowest BCUT2D eigenvalue weighted by molar-refractivity contribution is 0.544. The van der Waals surface area contributed by atoms with Crippen molar-refractivity contribution in [1.29, 1.82) is 0 Å². The molecule has 1 aromatic carbocycles. The van der Waals surface area contributed by atoms with Crippen molar-refractivity contribution in [3.63, 3.8) is 0 Å². The van der Waals surface area contributed by atoms with Crippen molar-refractivity contribution in [1.82, 2.24) is 10.3 Å². The molecule has 1 N–H and O–H groups in total. The van der Waals surface area contributed by atoms with E-state index in [1.54, 1.807) is 0 Å². The van der Waals surface area contributed by atoms with Crippen LogP contribution in [0.3, 0.4) is 0 Å². The quantitative estimate of drug-likeness (QED) is 0.853. The van der Waals surface area contributed by atoms with Gasteiger partial charge in [-0.15, -0.1) is 0 Å². The highest BCUT2D eigenvalue weighted by Crippen LogP contribution is 2.21. The summed E-state index contributed by atoms with van der Waals surface area (Å²) in [5, 5.41) is 3.56. The van der Waals surface area contributed by atoms with E-state index in [2.05, 4.69) is 61.4 Å². The average Bonchev–Trinajstić information content (AvgIpc) is 2.48. The first-order valence-electron chi connectivity index (χ1n) is 7.44. The van der Waals surface area contributed by atoms with E-state index in [1.807, 2.05) is 18.3 Å². The molecule has 0 spiro atoms. The van der Waals surface area contributed by atoms with E-state index < -0.39 is 0 Å². The number of pyridine rings is 1. The van der Waals surface area contributed by atoms with Crippen LogP contribution >= 0.6 is 0 Å². The Morgan fingerprint density at radius 2 is 1.70 bits per heavy atom. The molecule has 2 aromatic rings. The third-order valence-electron chi connectivity index (χ3n) is 3.60. The van der Waals surface area contributed by atoms with Gasteiger partial charge in [0.2, 0.25) is 0 Å². The smallest absolute Gasteiger partial charge is 0.0422 e. The lowest BCUT2D eigenvalue weighted by Crippen LogP contribution is -2.23. The number of likely N-dealkylation sites (N-methyl/N-ethyl adjacent to an activating group) is 1. The molecule has 0 aliphatic rings. The Morgan fingerprint density at radius 1 is 1.00 bits per heavy atom. The maximum absolute atomic E-state index is 4.43. The first-order valence-corrected chi connectivity index (χ1v) is 7.44. The molecular formula is C18H24N2. The van der Waals surface area contributed by atoms with Crippen molar-refractivity contribution >= 4 is 0 Å². The van der Waals surface area contributed by atoms with Gasteiger partial charge in [-0.3, -0.25) is 4.98 Å².